The largest absolute Gasteiger partial charge is 0.480 e. The number of carbonyl (C=O) groups excluding carboxylic acids is 2. The van der Waals surface area contributed by atoms with Crippen LogP contribution in [0.15, 0.2) is 42.5 Å². The average Bonchev–Trinajstić information content (AvgIpc) is 2.69. The van der Waals surface area contributed by atoms with Gasteiger partial charge in [0.05, 0.1) is 11.3 Å². The van der Waals surface area contributed by atoms with E-state index in [1.807, 2.05) is 39.0 Å². The van der Waals surface area contributed by atoms with Crippen LogP contribution in [0.2, 0.25) is 0 Å². The van der Waals surface area contributed by atoms with Gasteiger partial charge >= 0.3 is 0 Å². The maximum absolute atomic E-state index is 12.8. The molecule has 0 heterocycles. The van der Waals surface area contributed by atoms with Crippen molar-refractivity contribution >= 4 is 17.5 Å². The molecule has 0 unspecified atom stereocenters. The van der Waals surface area contributed by atoms with Gasteiger partial charge in [-0.15, -0.1) is 0 Å². The number of amides is 2. The summed E-state index contributed by atoms with van der Waals surface area (Å²) in [5.41, 5.74) is 3.07. The Hall–Kier alpha value is -2.82. The van der Waals surface area contributed by atoms with Crippen LogP contribution in [-0.4, -0.2) is 24.5 Å². The molecular formula is C23H30N2O3. The summed E-state index contributed by atoms with van der Waals surface area (Å²) in [5, 5.41) is 5.75. The molecule has 28 heavy (non-hydrogen) atoms. The Bertz CT molecular complexity index is 817. The average molecular weight is 383 g/mol. The van der Waals surface area contributed by atoms with Crippen molar-refractivity contribution in [1.82, 2.24) is 5.32 Å². The first-order valence-electron chi connectivity index (χ1n) is 9.88. The molecular weight excluding hydrogens is 352 g/mol. The number of ether oxygens (including phenoxy) is 1. The van der Waals surface area contributed by atoms with Crippen LogP contribution in [0, 0.1) is 13.8 Å². The van der Waals surface area contributed by atoms with Crippen LogP contribution in [0.3, 0.4) is 0 Å². The lowest BCUT2D eigenvalue weighted by atomic mass is 10.1. The number of hydrogen-bond donors (Lipinski definition) is 2. The normalized spacial score (nSPS) is 11.6. The summed E-state index contributed by atoms with van der Waals surface area (Å²) in [4.78, 5) is 25.3. The van der Waals surface area contributed by atoms with Gasteiger partial charge in [0.15, 0.2) is 6.10 Å². The van der Waals surface area contributed by atoms with Crippen LogP contribution < -0.4 is 15.4 Å². The Balaban J connectivity index is 2.12. The predicted octanol–water partition coefficient (Wildman–Crippen LogP) is 4.63. The summed E-state index contributed by atoms with van der Waals surface area (Å²) in [5.74, 6) is 0.248. The van der Waals surface area contributed by atoms with Crippen LogP contribution in [0.25, 0.3) is 0 Å². The third-order valence-electron chi connectivity index (χ3n) is 4.73. The van der Waals surface area contributed by atoms with Crippen molar-refractivity contribution in [3.8, 4) is 5.75 Å². The minimum absolute atomic E-state index is 0.187. The highest BCUT2D eigenvalue weighted by atomic mass is 16.5. The van der Waals surface area contributed by atoms with Gasteiger partial charge in [-0.1, -0.05) is 44.5 Å². The summed E-state index contributed by atoms with van der Waals surface area (Å²) in [7, 11) is 0. The molecule has 5 nitrogen and oxygen atoms in total. The summed E-state index contributed by atoms with van der Waals surface area (Å²) < 4.78 is 5.98. The van der Waals surface area contributed by atoms with Crippen LogP contribution in [0.1, 0.15) is 54.6 Å². The summed E-state index contributed by atoms with van der Waals surface area (Å²) in [6, 6.07) is 12.8. The van der Waals surface area contributed by atoms with E-state index >= 15 is 0 Å². The number of hydrogen-bond acceptors (Lipinski definition) is 3. The SMILES string of the molecule is CCCCNC(=O)c1ccccc1NC(=O)[C@@H](CC)Oc1cccc(C)c1C. The lowest BCUT2D eigenvalue weighted by molar-refractivity contribution is -0.122. The quantitative estimate of drug-likeness (QED) is 0.621. The van der Waals surface area contributed by atoms with Crippen molar-refractivity contribution in [2.45, 2.75) is 53.1 Å². The molecule has 2 aromatic rings. The van der Waals surface area contributed by atoms with E-state index in [2.05, 4.69) is 17.6 Å². The smallest absolute Gasteiger partial charge is 0.265 e. The summed E-state index contributed by atoms with van der Waals surface area (Å²) >= 11 is 0. The lowest BCUT2D eigenvalue weighted by Gasteiger charge is -2.20. The zero-order valence-corrected chi connectivity index (χ0v) is 17.2. The molecule has 2 amide bonds. The molecule has 0 spiro atoms. The molecule has 0 saturated heterocycles. The summed E-state index contributed by atoms with van der Waals surface area (Å²) in [6.45, 7) is 8.58. The Kier molecular flexibility index (Phi) is 8.05. The van der Waals surface area contributed by atoms with Crippen molar-refractivity contribution in [2.75, 3.05) is 11.9 Å². The van der Waals surface area contributed by atoms with Gasteiger partial charge < -0.3 is 15.4 Å². The molecule has 0 aliphatic heterocycles. The van der Waals surface area contributed by atoms with E-state index in [-0.39, 0.29) is 11.8 Å². The van der Waals surface area contributed by atoms with E-state index in [0.29, 0.717) is 30.0 Å². The number of benzene rings is 2. The number of anilines is 1. The van der Waals surface area contributed by atoms with Crippen molar-refractivity contribution in [1.29, 1.82) is 0 Å². The predicted molar refractivity (Wildman–Crippen MR) is 113 cm³/mol. The number of rotatable bonds is 9. The Morgan fingerprint density at radius 2 is 1.79 bits per heavy atom. The second-order valence-corrected chi connectivity index (χ2v) is 6.86. The Morgan fingerprint density at radius 3 is 2.50 bits per heavy atom. The third kappa shape index (κ3) is 5.59. The number of unbranched alkanes of at least 4 members (excludes halogenated alkanes) is 1. The molecule has 5 heteroatoms. The van der Waals surface area contributed by atoms with Gasteiger partial charge in [-0.2, -0.15) is 0 Å². The molecule has 2 aromatic carbocycles. The van der Waals surface area contributed by atoms with Gasteiger partial charge in [0, 0.05) is 6.54 Å². The monoisotopic (exact) mass is 382 g/mol. The standard InChI is InChI=1S/C23H30N2O3/c1-5-7-15-24-22(26)18-12-8-9-13-19(18)25-23(27)20(6-2)28-21-14-10-11-16(3)17(21)4/h8-14,20H,5-7,15H2,1-4H3,(H,24,26)(H,25,27)/t20-/m1/s1. The van der Waals surface area contributed by atoms with E-state index in [0.717, 1.165) is 24.0 Å². The highest BCUT2D eigenvalue weighted by Gasteiger charge is 2.21. The molecule has 2 N–H and O–H groups in total. The van der Waals surface area contributed by atoms with E-state index in [4.69, 9.17) is 4.74 Å². The maximum atomic E-state index is 12.8. The molecule has 0 aliphatic rings. The molecule has 0 aromatic heterocycles. The van der Waals surface area contributed by atoms with Gasteiger partial charge in [0.1, 0.15) is 5.75 Å². The number of carbonyl (C=O) groups is 2. The van der Waals surface area contributed by atoms with E-state index in [1.54, 1.807) is 24.3 Å². The second-order valence-electron chi connectivity index (χ2n) is 6.86. The molecule has 150 valence electrons. The molecule has 1 atom stereocenters. The van der Waals surface area contributed by atoms with Gasteiger partial charge in [-0.25, -0.2) is 0 Å². The second kappa shape index (κ2) is 10.5. The topological polar surface area (TPSA) is 67.4 Å². The van der Waals surface area contributed by atoms with Crippen molar-refractivity contribution < 1.29 is 14.3 Å². The van der Waals surface area contributed by atoms with Crippen molar-refractivity contribution in [2.24, 2.45) is 0 Å². The molecule has 0 fully saturated rings. The van der Waals surface area contributed by atoms with Gasteiger partial charge in [-0.05, 0) is 56.0 Å². The zero-order valence-electron chi connectivity index (χ0n) is 17.2. The first kappa shape index (κ1) is 21.5. The number of nitrogens with one attached hydrogen (secondary N) is 2. The number of aryl methyl sites for hydroxylation is 1. The fourth-order valence-corrected chi connectivity index (χ4v) is 2.80. The molecule has 0 aliphatic carbocycles. The minimum atomic E-state index is -0.642. The Morgan fingerprint density at radius 1 is 1.04 bits per heavy atom. The van der Waals surface area contributed by atoms with E-state index < -0.39 is 6.10 Å². The fraction of sp³-hybridized carbons (Fsp3) is 0.391. The van der Waals surface area contributed by atoms with Crippen LogP contribution in [-0.2, 0) is 4.79 Å². The van der Waals surface area contributed by atoms with Crippen LogP contribution in [0.5, 0.6) is 5.75 Å². The lowest BCUT2D eigenvalue weighted by Crippen LogP contribution is -2.34. The molecule has 0 saturated carbocycles. The Labute approximate surface area is 167 Å². The van der Waals surface area contributed by atoms with E-state index in [9.17, 15) is 9.59 Å². The first-order chi connectivity index (χ1) is 13.5. The highest BCUT2D eigenvalue weighted by molar-refractivity contribution is 6.04. The first-order valence-corrected chi connectivity index (χ1v) is 9.88. The van der Waals surface area contributed by atoms with E-state index in [1.165, 1.54) is 0 Å². The molecule has 0 radical (unpaired) electrons. The highest BCUT2D eigenvalue weighted by Crippen LogP contribution is 2.23. The summed E-state index contributed by atoms with van der Waals surface area (Å²) in [6.07, 6.45) is 1.80. The zero-order chi connectivity index (χ0) is 20.5. The van der Waals surface area contributed by atoms with Crippen molar-refractivity contribution in [3.05, 3.63) is 59.2 Å². The third-order valence-corrected chi connectivity index (χ3v) is 4.73. The molecule has 0 bridgehead atoms. The maximum Gasteiger partial charge on any atom is 0.265 e. The fourth-order valence-electron chi connectivity index (χ4n) is 2.80. The van der Waals surface area contributed by atoms with Gasteiger partial charge in [0.2, 0.25) is 0 Å². The minimum Gasteiger partial charge on any atom is -0.480 e. The number of para-hydroxylation sites is 1. The van der Waals surface area contributed by atoms with Gasteiger partial charge in [-0.3, -0.25) is 9.59 Å². The van der Waals surface area contributed by atoms with Crippen LogP contribution in [0.4, 0.5) is 5.69 Å². The molecule has 2 rings (SSSR count). The van der Waals surface area contributed by atoms with Crippen LogP contribution >= 0.6 is 0 Å². The van der Waals surface area contributed by atoms with Gasteiger partial charge in [0.25, 0.3) is 11.8 Å². The van der Waals surface area contributed by atoms with Crippen molar-refractivity contribution in [3.63, 3.8) is 0 Å².